The van der Waals surface area contributed by atoms with E-state index >= 15 is 0 Å². The van der Waals surface area contributed by atoms with Crippen molar-refractivity contribution in [3.63, 3.8) is 0 Å². The molecule has 6 N–H and O–H groups in total. The van der Waals surface area contributed by atoms with Crippen LogP contribution in [-0.2, 0) is 4.74 Å². The molecule has 0 atom stereocenters. The number of amidine groups is 1. The molecular weight excluding hydrogens is 420 g/mol. The lowest BCUT2D eigenvalue weighted by Gasteiger charge is -2.34. The zero-order valence-electron chi connectivity index (χ0n) is 18.4. The Kier molecular flexibility index (Phi) is 7.93. The van der Waals surface area contributed by atoms with Gasteiger partial charge in [-0.25, -0.2) is 0 Å². The maximum absolute atomic E-state index is 13.2. The van der Waals surface area contributed by atoms with Crippen molar-refractivity contribution < 1.29 is 14.6 Å². The topological polar surface area (TPSA) is 145 Å². The molecule has 1 saturated heterocycles. The van der Waals surface area contributed by atoms with E-state index in [-0.39, 0.29) is 35.3 Å². The van der Waals surface area contributed by atoms with Gasteiger partial charge in [0, 0.05) is 36.0 Å². The molecule has 9 nitrogen and oxygen atoms in total. The molecule has 3 rings (SSSR count). The number of benzene rings is 2. The van der Waals surface area contributed by atoms with Crippen molar-refractivity contribution in [1.82, 2.24) is 10.2 Å². The van der Waals surface area contributed by atoms with E-state index in [1.54, 1.807) is 42.6 Å². The van der Waals surface area contributed by atoms with Crippen molar-refractivity contribution >= 4 is 29.2 Å². The Morgan fingerprint density at radius 1 is 1.12 bits per heavy atom. The summed E-state index contributed by atoms with van der Waals surface area (Å²) in [5, 5.41) is 39.9. The normalized spacial score (nSPS) is 14.0. The fourth-order valence-electron chi connectivity index (χ4n) is 3.57. The summed E-state index contributed by atoms with van der Waals surface area (Å²) in [6, 6.07) is 13.0. The quantitative estimate of drug-likeness (QED) is 0.296. The molecule has 2 aromatic rings. The Balaban J connectivity index is 1.74. The molecule has 0 aliphatic carbocycles. The number of amides is 1. The lowest BCUT2D eigenvalue weighted by molar-refractivity contribution is 0.0781. The van der Waals surface area contributed by atoms with Crippen molar-refractivity contribution in [3.8, 4) is 5.75 Å². The highest BCUT2D eigenvalue weighted by Gasteiger charge is 2.28. The van der Waals surface area contributed by atoms with E-state index in [1.165, 1.54) is 30.0 Å². The molecule has 33 heavy (non-hydrogen) atoms. The first-order valence-corrected chi connectivity index (χ1v) is 10.6. The second-order valence-corrected chi connectivity index (χ2v) is 7.64. The number of carbonyl (C=O) groups is 1. The van der Waals surface area contributed by atoms with E-state index in [4.69, 9.17) is 21.0 Å². The predicted octanol–water partition coefficient (Wildman–Crippen LogP) is 3.53. The molecule has 1 amide bonds. The minimum absolute atomic E-state index is 0.00231. The van der Waals surface area contributed by atoms with Crippen LogP contribution < -0.4 is 10.6 Å². The first-order chi connectivity index (χ1) is 15.8. The molecule has 0 unspecified atom stereocenters. The van der Waals surface area contributed by atoms with E-state index in [9.17, 15) is 9.90 Å². The fourth-order valence-corrected chi connectivity index (χ4v) is 3.57. The summed E-state index contributed by atoms with van der Waals surface area (Å²) < 4.78 is 5.03. The van der Waals surface area contributed by atoms with Gasteiger partial charge in [0.2, 0.25) is 5.90 Å². The van der Waals surface area contributed by atoms with Gasteiger partial charge in [0.05, 0.1) is 0 Å². The lowest BCUT2D eigenvalue weighted by atomic mass is 10.0. The fraction of sp³-hybridized carbons (Fsp3) is 0.250. The van der Waals surface area contributed by atoms with Gasteiger partial charge in [-0.1, -0.05) is 12.1 Å². The Morgan fingerprint density at radius 2 is 1.82 bits per heavy atom. The Morgan fingerprint density at radius 3 is 2.52 bits per heavy atom. The number of nitrogens with zero attached hydrogens (tertiary/aromatic N) is 1. The van der Waals surface area contributed by atoms with Crippen LogP contribution in [0.4, 0.5) is 5.69 Å². The van der Waals surface area contributed by atoms with E-state index < -0.39 is 0 Å². The number of hydrogen-bond donors (Lipinski definition) is 6. The zero-order chi connectivity index (χ0) is 23.8. The second-order valence-electron chi connectivity index (χ2n) is 7.64. The number of rotatable bonds is 6. The third-order valence-electron chi connectivity index (χ3n) is 5.12. The summed E-state index contributed by atoms with van der Waals surface area (Å²) in [6.45, 7) is 2.98. The number of anilines is 1. The van der Waals surface area contributed by atoms with Crippen molar-refractivity contribution in [3.05, 3.63) is 71.9 Å². The van der Waals surface area contributed by atoms with Crippen LogP contribution in [0.25, 0.3) is 0 Å². The van der Waals surface area contributed by atoms with Gasteiger partial charge in [0.15, 0.2) is 5.90 Å². The van der Waals surface area contributed by atoms with Gasteiger partial charge < -0.3 is 20.5 Å². The van der Waals surface area contributed by atoms with E-state index in [0.717, 1.165) is 25.9 Å². The highest BCUT2D eigenvalue weighted by Crippen LogP contribution is 2.19. The molecule has 1 heterocycles. The molecule has 172 valence electrons. The minimum atomic E-state index is -0.331. The monoisotopic (exact) mass is 448 g/mol. The van der Waals surface area contributed by atoms with Crippen LogP contribution >= 0.6 is 0 Å². The summed E-state index contributed by atoms with van der Waals surface area (Å²) in [5.74, 6) is -0.489. The van der Waals surface area contributed by atoms with Crippen molar-refractivity contribution in [2.75, 3.05) is 18.4 Å². The Labute approximate surface area is 192 Å². The number of aromatic hydroxyl groups is 1. The summed E-state index contributed by atoms with van der Waals surface area (Å²) in [7, 11) is 0. The maximum Gasteiger partial charge on any atom is 0.259 e. The molecule has 2 aromatic carbocycles. The smallest absolute Gasteiger partial charge is 0.259 e. The molecule has 9 heteroatoms. The summed E-state index contributed by atoms with van der Waals surface area (Å²) >= 11 is 0. The van der Waals surface area contributed by atoms with Crippen LogP contribution in [0, 0.1) is 16.2 Å². The maximum atomic E-state index is 13.2. The number of phenols is 1. The largest absolute Gasteiger partial charge is 0.508 e. The van der Waals surface area contributed by atoms with Gasteiger partial charge in [-0.3, -0.25) is 25.9 Å². The van der Waals surface area contributed by atoms with E-state index in [0.29, 0.717) is 16.8 Å². The van der Waals surface area contributed by atoms with Crippen LogP contribution in [0.1, 0.15) is 35.7 Å². The average molecular weight is 449 g/mol. The van der Waals surface area contributed by atoms with Crippen LogP contribution in [0.5, 0.6) is 5.75 Å². The number of hydrogen-bond acceptors (Lipinski definition) is 8. The third kappa shape index (κ3) is 6.50. The first-order valence-electron chi connectivity index (χ1n) is 10.6. The predicted molar refractivity (Wildman–Crippen MR) is 128 cm³/mol. The number of piperidine rings is 1. The zero-order valence-corrected chi connectivity index (χ0v) is 18.4. The molecule has 1 fully saturated rings. The van der Waals surface area contributed by atoms with E-state index in [2.05, 4.69) is 10.6 Å². The van der Waals surface area contributed by atoms with Gasteiger partial charge in [0.1, 0.15) is 11.6 Å². The van der Waals surface area contributed by atoms with Gasteiger partial charge >= 0.3 is 0 Å². The number of nitrogens with one attached hydrogen (secondary N) is 5. The van der Waals surface area contributed by atoms with Crippen LogP contribution in [0.15, 0.2) is 60.8 Å². The third-order valence-corrected chi connectivity index (χ3v) is 5.12. The molecule has 0 bridgehead atoms. The van der Waals surface area contributed by atoms with Crippen LogP contribution in [0.3, 0.4) is 0 Å². The molecule has 0 spiro atoms. The van der Waals surface area contributed by atoms with Gasteiger partial charge in [0.25, 0.3) is 5.91 Å². The van der Waals surface area contributed by atoms with E-state index in [1.807, 2.05) is 0 Å². The van der Waals surface area contributed by atoms with Gasteiger partial charge in [-0.15, -0.1) is 0 Å². The lowest BCUT2D eigenvalue weighted by Crippen LogP contribution is -2.48. The van der Waals surface area contributed by atoms with Crippen LogP contribution in [0.2, 0.25) is 0 Å². The molecular formula is C24H28N6O3. The molecule has 1 aliphatic rings. The minimum Gasteiger partial charge on any atom is -0.508 e. The first kappa shape index (κ1) is 23.7. The Hall–Kier alpha value is -3.98. The second kappa shape index (κ2) is 11.1. The highest BCUT2D eigenvalue weighted by atomic mass is 16.5. The standard InChI is InChI=1S/C24H28N6O3/c1-16(25)33-23(27)17-4-2-6-19(14-17)29-13-10-22(26)30(20-8-11-28-12-9-20)24(32)18-5-3-7-21(31)15-18/h2-7,10,13-15,20,25-29,31H,8-9,11-12H2,1H3/b13-10-,25-16?,26-22?,27-23?. The molecule has 0 aromatic heterocycles. The van der Waals surface area contributed by atoms with Crippen molar-refractivity contribution in [1.29, 1.82) is 16.2 Å². The number of phenolic OH excluding ortho intramolecular Hbond substituents is 1. The number of carbonyl (C=O) groups excluding carboxylic acids is 1. The van der Waals surface area contributed by atoms with Crippen molar-refractivity contribution in [2.45, 2.75) is 25.8 Å². The Bertz CT molecular complexity index is 1080. The molecule has 0 radical (unpaired) electrons. The molecule has 1 aliphatic heterocycles. The summed E-state index contributed by atoms with van der Waals surface area (Å²) in [5.41, 5.74) is 1.50. The van der Waals surface area contributed by atoms with Gasteiger partial charge in [-0.2, -0.15) is 0 Å². The average Bonchev–Trinajstić information content (AvgIpc) is 2.79. The number of ether oxygens (including phenoxy) is 1. The SMILES string of the molecule is CC(=N)OC(=N)c1cccc(N/C=C\C(=N)N(C(=O)c2cccc(O)c2)C2CCNCC2)c1. The van der Waals surface area contributed by atoms with Gasteiger partial charge in [-0.05, 0) is 68.4 Å². The van der Waals surface area contributed by atoms with Crippen LogP contribution in [-0.4, -0.2) is 52.7 Å². The summed E-state index contributed by atoms with van der Waals surface area (Å²) in [6.07, 6.45) is 4.53. The highest BCUT2D eigenvalue weighted by molar-refractivity contribution is 6.09. The summed E-state index contributed by atoms with van der Waals surface area (Å²) in [4.78, 5) is 14.7. The molecule has 0 saturated carbocycles. The van der Waals surface area contributed by atoms with Crippen molar-refractivity contribution in [2.24, 2.45) is 0 Å².